The van der Waals surface area contributed by atoms with E-state index in [-0.39, 0.29) is 0 Å². The van der Waals surface area contributed by atoms with Crippen LogP contribution in [0.1, 0.15) is 0 Å². The summed E-state index contributed by atoms with van der Waals surface area (Å²) in [6, 6.07) is 7.91. The van der Waals surface area contributed by atoms with E-state index in [4.69, 9.17) is 0 Å². The van der Waals surface area contributed by atoms with Gasteiger partial charge >= 0.3 is 0 Å². The first-order valence-electron chi connectivity index (χ1n) is 5.14. The number of rotatable bonds is 4. The van der Waals surface area contributed by atoms with Crippen LogP contribution < -0.4 is 10.6 Å². The van der Waals surface area contributed by atoms with Gasteiger partial charge in [0.2, 0.25) is 5.95 Å². The molecule has 4 nitrogen and oxygen atoms in total. The lowest BCUT2D eigenvalue weighted by Gasteiger charge is -2.08. The van der Waals surface area contributed by atoms with Crippen molar-refractivity contribution in [3.8, 4) is 0 Å². The number of fused-ring (bicyclic) bond motifs is 1. The van der Waals surface area contributed by atoms with Gasteiger partial charge < -0.3 is 10.6 Å². The monoisotopic (exact) mass is 214 g/mol. The van der Waals surface area contributed by atoms with E-state index in [1.54, 1.807) is 6.08 Å². The van der Waals surface area contributed by atoms with Crippen LogP contribution in [0.15, 0.2) is 36.9 Å². The predicted octanol–water partition coefficient (Wildman–Crippen LogP) is 2.27. The molecule has 2 N–H and O–H groups in total. The maximum absolute atomic E-state index is 4.41. The van der Waals surface area contributed by atoms with Crippen molar-refractivity contribution in [3.63, 3.8) is 0 Å². The minimum atomic E-state index is 0.614. The minimum Gasteiger partial charge on any atom is -0.372 e. The quantitative estimate of drug-likeness (QED) is 0.766. The minimum absolute atomic E-state index is 0.614. The number of hydrogen-bond acceptors (Lipinski definition) is 4. The fourth-order valence-electron chi connectivity index (χ4n) is 1.51. The molecular weight excluding hydrogens is 200 g/mol. The first kappa shape index (κ1) is 10.4. The van der Waals surface area contributed by atoms with Crippen molar-refractivity contribution in [2.24, 2.45) is 0 Å². The fourth-order valence-corrected chi connectivity index (χ4v) is 1.51. The maximum Gasteiger partial charge on any atom is 0.225 e. The van der Waals surface area contributed by atoms with Crippen LogP contribution in [0.25, 0.3) is 10.9 Å². The van der Waals surface area contributed by atoms with Crippen molar-refractivity contribution >= 4 is 22.7 Å². The number of aromatic nitrogens is 2. The van der Waals surface area contributed by atoms with Crippen LogP contribution in [0.5, 0.6) is 0 Å². The van der Waals surface area contributed by atoms with Crippen molar-refractivity contribution in [1.82, 2.24) is 9.97 Å². The van der Waals surface area contributed by atoms with Crippen LogP contribution in [-0.2, 0) is 0 Å². The summed E-state index contributed by atoms with van der Waals surface area (Å²) in [6.07, 6.45) is 1.78. The van der Waals surface area contributed by atoms with Crippen LogP contribution in [0, 0.1) is 0 Å². The molecule has 0 amide bonds. The van der Waals surface area contributed by atoms with Crippen LogP contribution in [0.3, 0.4) is 0 Å². The molecule has 0 bridgehead atoms. The molecule has 1 aromatic carbocycles. The van der Waals surface area contributed by atoms with Gasteiger partial charge in [-0.1, -0.05) is 18.2 Å². The molecule has 0 saturated carbocycles. The number of nitrogens with zero attached hydrogens (tertiary/aromatic N) is 2. The molecule has 0 saturated heterocycles. The normalized spacial score (nSPS) is 10.1. The number of nitrogens with one attached hydrogen (secondary N) is 2. The van der Waals surface area contributed by atoms with Crippen molar-refractivity contribution in [2.75, 3.05) is 24.2 Å². The van der Waals surface area contributed by atoms with Crippen molar-refractivity contribution < 1.29 is 0 Å². The van der Waals surface area contributed by atoms with Gasteiger partial charge in [0.15, 0.2) is 0 Å². The average molecular weight is 214 g/mol. The Morgan fingerprint density at radius 1 is 1.31 bits per heavy atom. The van der Waals surface area contributed by atoms with E-state index in [2.05, 4.69) is 27.2 Å². The molecule has 0 radical (unpaired) electrons. The predicted molar refractivity (Wildman–Crippen MR) is 67.8 cm³/mol. The van der Waals surface area contributed by atoms with Crippen LogP contribution in [0.4, 0.5) is 11.8 Å². The Labute approximate surface area is 94.4 Å². The topological polar surface area (TPSA) is 49.8 Å². The molecule has 82 valence electrons. The Balaban J connectivity index is 2.49. The smallest absolute Gasteiger partial charge is 0.225 e. The lowest BCUT2D eigenvalue weighted by Crippen LogP contribution is -2.05. The van der Waals surface area contributed by atoms with Gasteiger partial charge in [0, 0.05) is 19.0 Å². The van der Waals surface area contributed by atoms with E-state index >= 15 is 0 Å². The van der Waals surface area contributed by atoms with E-state index in [1.165, 1.54) is 0 Å². The van der Waals surface area contributed by atoms with Gasteiger partial charge in [0.05, 0.1) is 5.52 Å². The second-order valence-corrected chi connectivity index (χ2v) is 3.33. The van der Waals surface area contributed by atoms with Crippen LogP contribution >= 0.6 is 0 Å². The van der Waals surface area contributed by atoms with Crippen LogP contribution in [0.2, 0.25) is 0 Å². The molecule has 0 atom stereocenters. The second kappa shape index (κ2) is 4.61. The van der Waals surface area contributed by atoms with Crippen LogP contribution in [-0.4, -0.2) is 23.6 Å². The number of hydrogen-bond donors (Lipinski definition) is 2. The third kappa shape index (κ3) is 1.95. The highest BCUT2D eigenvalue weighted by Gasteiger charge is 2.04. The van der Waals surface area contributed by atoms with E-state index in [9.17, 15) is 0 Å². The summed E-state index contributed by atoms with van der Waals surface area (Å²) < 4.78 is 0. The Hall–Kier alpha value is -2.10. The largest absolute Gasteiger partial charge is 0.372 e. The second-order valence-electron chi connectivity index (χ2n) is 3.33. The Kier molecular flexibility index (Phi) is 3.00. The molecule has 0 spiro atoms. The standard InChI is InChI=1S/C12H14N4/c1-3-8-14-12-15-10-7-5-4-6-9(10)11(13-2)16-12/h3-7H,1,8H2,2H3,(H2,13,14,15,16). The SMILES string of the molecule is C=CCNc1nc(NC)c2ccccc2n1. The van der Waals surface area contributed by atoms with E-state index in [0.717, 1.165) is 16.7 Å². The first-order valence-corrected chi connectivity index (χ1v) is 5.14. The third-order valence-electron chi connectivity index (χ3n) is 2.24. The zero-order chi connectivity index (χ0) is 11.4. The summed E-state index contributed by atoms with van der Waals surface area (Å²) >= 11 is 0. The highest BCUT2D eigenvalue weighted by molar-refractivity contribution is 5.89. The molecule has 2 aromatic rings. The van der Waals surface area contributed by atoms with Gasteiger partial charge in [-0.25, -0.2) is 4.98 Å². The summed E-state index contributed by atoms with van der Waals surface area (Å²) in [5.41, 5.74) is 0.924. The third-order valence-corrected chi connectivity index (χ3v) is 2.24. The number of anilines is 2. The fraction of sp³-hybridized carbons (Fsp3) is 0.167. The summed E-state index contributed by atoms with van der Waals surface area (Å²) in [7, 11) is 1.85. The molecule has 0 aliphatic heterocycles. The molecule has 1 aromatic heterocycles. The van der Waals surface area contributed by atoms with Gasteiger partial charge in [0.1, 0.15) is 5.82 Å². The maximum atomic E-state index is 4.41. The highest BCUT2D eigenvalue weighted by atomic mass is 15.1. The molecule has 0 fully saturated rings. The molecular formula is C12H14N4. The summed E-state index contributed by atoms with van der Waals surface area (Å²) in [4.78, 5) is 8.79. The molecule has 2 rings (SSSR count). The highest BCUT2D eigenvalue weighted by Crippen LogP contribution is 2.20. The van der Waals surface area contributed by atoms with Gasteiger partial charge in [-0.05, 0) is 12.1 Å². The lowest BCUT2D eigenvalue weighted by atomic mass is 10.2. The van der Waals surface area contributed by atoms with Crippen molar-refractivity contribution in [2.45, 2.75) is 0 Å². The first-order chi connectivity index (χ1) is 7.85. The summed E-state index contributed by atoms with van der Waals surface area (Å²) in [5.74, 6) is 1.44. The van der Waals surface area contributed by atoms with Gasteiger partial charge in [0.25, 0.3) is 0 Å². The summed E-state index contributed by atoms with van der Waals surface area (Å²) in [5, 5.41) is 7.17. The Morgan fingerprint density at radius 2 is 2.12 bits per heavy atom. The Bertz CT molecular complexity index is 507. The molecule has 4 heteroatoms. The summed E-state index contributed by atoms with van der Waals surface area (Å²) in [6.45, 7) is 4.30. The zero-order valence-corrected chi connectivity index (χ0v) is 9.20. The van der Waals surface area contributed by atoms with Crippen molar-refractivity contribution in [1.29, 1.82) is 0 Å². The van der Waals surface area contributed by atoms with E-state index < -0.39 is 0 Å². The van der Waals surface area contributed by atoms with E-state index in [1.807, 2.05) is 31.3 Å². The van der Waals surface area contributed by atoms with E-state index in [0.29, 0.717) is 12.5 Å². The van der Waals surface area contributed by atoms with Gasteiger partial charge in [-0.3, -0.25) is 0 Å². The average Bonchev–Trinajstić information content (AvgIpc) is 2.35. The Morgan fingerprint density at radius 3 is 2.88 bits per heavy atom. The molecule has 1 heterocycles. The van der Waals surface area contributed by atoms with Gasteiger partial charge in [-0.15, -0.1) is 6.58 Å². The molecule has 0 aliphatic carbocycles. The molecule has 0 unspecified atom stereocenters. The van der Waals surface area contributed by atoms with Gasteiger partial charge in [-0.2, -0.15) is 4.98 Å². The molecule has 16 heavy (non-hydrogen) atoms. The van der Waals surface area contributed by atoms with Crippen molar-refractivity contribution in [3.05, 3.63) is 36.9 Å². The molecule has 0 aliphatic rings. The zero-order valence-electron chi connectivity index (χ0n) is 9.20. The number of para-hydroxylation sites is 1. The number of benzene rings is 1. The lowest BCUT2D eigenvalue weighted by molar-refractivity contribution is 1.15.